The Kier molecular flexibility index (Phi) is 10.2. The van der Waals surface area contributed by atoms with Crippen LogP contribution >= 0.6 is 0 Å². The molecule has 0 radical (unpaired) electrons. The van der Waals surface area contributed by atoms with Crippen LogP contribution in [-0.4, -0.2) is 71.3 Å². The number of ketones is 1. The fourth-order valence-electron chi connectivity index (χ4n) is 8.72. The summed E-state index contributed by atoms with van der Waals surface area (Å²) in [5.74, 6) is 4.61. The molecule has 0 unspecified atom stereocenters. The van der Waals surface area contributed by atoms with Gasteiger partial charge in [0.25, 0.3) is 0 Å². The SMILES string of the molecule is COc1cc2c(cc1C(C)=O)[C@@H]1Cc3ccc(OC)c(OC)c3CN1CC2.[C-]#[N+]c1cc2c(cc1OC)CCN1Cc3c(ccc(OC)c3OC)C[C@@H]21. The number of hydrogen-bond donors (Lipinski definition) is 0. The lowest BCUT2D eigenvalue weighted by Crippen LogP contribution is -2.39. The molecule has 0 fully saturated rings. The van der Waals surface area contributed by atoms with Gasteiger partial charge in [0, 0.05) is 49.4 Å². The van der Waals surface area contributed by atoms with Crippen LogP contribution < -0.4 is 28.4 Å². The van der Waals surface area contributed by atoms with Gasteiger partial charge in [-0.2, -0.15) is 0 Å². The van der Waals surface area contributed by atoms with Gasteiger partial charge in [0.2, 0.25) is 5.69 Å². The zero-order valence-corrected chi connectivity index (χ0v) is 31.6. The van der Waals surface area contributed by atoms with Crippen molar-refractivity contribution in [2.45, 2.75) is 57.8 Å². The molecule has 0 amide bonds. The predicted octanol–water partition coefficient (Wildman–Crippen LogP) is 7.49. The van der Waals surface area contributed by atoms with Gasteiger partial charge in [-0.1, -0.05) is 12.1 Å². The van der Waals surface area contributed by atoms with E-state index in [1.165, 1.54) is 44.5 Å². The molecular weight excluding hydrogens is 670 g/mol. The van der Waals surface area contributed by atoms with Crippen LogP contribution in [0.3, 0.4) is 0 Å². The fourth-order valence-corrected chi connectivity index (χ4v) is 8.72. The van der Waals surface area contributed by atoms with Crippen molar-refractivity contribution in [3.63, 3.8) is 0 Å². The summed E-state index contributed by atoms with van der Waals surface area (Å²) < 4.78 is 33.1. The number of benzene rings is 4. The standard InChI is InChI=1S/C22H25NO4.C21H22N2O3/c1-13(24)16-11-17-15(10-21(16)26-3)7-8-23-12-18-14(9-19(17)23)5-6-20(25-2)22(18)27-4;1-22-17-11-15-14(10-20(17)25-3)7-8-23-12-16-13(9-18(15)23)5-6-19(24-2)21(16)26-4/h5-6,10-11,19H,7-9,12H2,1-4H3;5-6,10-11,18H,7-9,12H2,2-4H3/t19-;18-/m00/s1. The minimum Gasteiger partial charge on any atom is -0.508 e. The van der Waals surface area contributed by atoms with Crippen LogP contribution in [0.15, 0.2) is 48.5 Å². The van der Waals surface area contributed by atoms with Gasteiger partial charge in [0.15, 0.2) is 28.8 Å². The zero-order valence-electron chi connectivity index (χ0n) is 31.6. The van der Waals surface area contributed by atoms with Crippen molar-refractivity contribution in [3.05, 3.63) is 110 Å². The lowest BCUT2D eigenvalue weighted by Gasteiger charge is -2.42. The lowest BCUT2D eigenvalue weighted by molar-refractivity contribution is 0.101. The van der Waals surface area contributed by atoms with E-state index in [-0.39, 0.29) is 17.9 Å². The van der Waals surface area contributed by atoms with E-state index in [1.807, 2.05) is 36.4 Å². The first kappa shape index (κ1) is 36.1. The fraction of sp³-hybridized carbons (Fsp3) is 0.395. The molecule has 4 aliphatic rings. The molecule has 2 atom stereocenters. The summed E-state index contributed by atoms with van der Waals surface area (Å²) in [6.07, 6.45) is 3.71. The van der Waals surface area contributed by atoms with Gasteiger partial charge in [-0.05, 0) is 102 Å². The largest absolute Gasteiger partial charge is 0.508 e. The average molecular weight is 718 g/mol. The third kappa shape index (κ3) is 6.42. The van der Waals surface area contributed by atoms with Crippen LogP contribution in [0, 0.1) is 6.57 Å². The molecule has 0 bridgehead atoms. The molecule has 4 aromatic carbocycles. The van der Waals surface area contributed by atoms with Gasteiger partial charge in [-0.25, -0.2) is 4.85 Å². The number of rotatable bonds is 7. The number of ether oxygens (including phenoxy) is 6. The topological polar surface area (TPSA) is 83.3 Å². The number of fused-ring (bicyclic) bond motifs is 8. The van der Waals surface area contributed by atoms with Crippen LogP contribution in [0.4, 0.5) is 5.69 Å². The van der Waals surface area contributed by atoms with Gasteiger partial charge in [-0.15, -0.1) is 0 Å². The molecular formula is C43H47N3O7. The monoisotopic (exact) mass is 717 g/mol. The Bertz CT molecular complexity index is 2110. The quantitative estimate of drug-likeness (QED) is 0.143. The van der Waals surface area contributed by atoms with Gasteiger partial charge in [0.1, 0.15) is 11.5 Å². The molecule has 4 aromatic rings. The normalized spacial score (nSPS) is 18.2. The van der Waals surface area contributed by atoms with Crippen LogP contribution in [-0.2, 0) is 38.8 Å². The molecule has 276 valence electrons. The van der Waals surface area contributed by atoms with Crippen LogP contribution in [0.25, 0.3) is 4.85 Å². The summed E-state index contributed by atoms with van der Waals surface area (Å²) in [6, 6.07) is 16.9. The summed E-state index contributed by atoms with van der Waals surface area (Å²) in [5.41, 5.74) is 11.3. The van der Waals surface area contributed by atoms with Crippen molar-refractivity contribution >= 4 is 11.5 Å². The Morgan fingerprint density at radius 2 is 1.09 bits per heavy atom. The number of nitrogens with zero attached hydrogens (tertiary/aromatic N) is 3. The molecule has 8 rings (SSSR count). The second-order valence-electron chi connectivity index (χ2n) is 13.9. The van der Waals surface area contributed by atoms with Crippen molar-refractivity contribution in [2.75, 3.05) is 55.7 Å². The van der Waals surface area contributed by atoms with Crippen LogP contribution in [0.2, 0.25) is 0 Å². The third-order valence-electron chi connectivity index (χ3n) is 11.4. The Labute approximate surface area is 311 Å². The summed E-state index contributed by atoms with van der Waals surface area (Å²) in [4.78, 5) is 20.7. The second kappa shape index (κ2) is 15.0. The molecule has 4 heterocycles. The first-order chi connectivity index (χ1) is 25.8. The molecule has 0 aromatic heterocycles. The number of Topliss-reactive ketones (excluding diaryl/α,β-unsaturated/α-hetero) is 1. The summed E-state index contributed by atoms with van der Waals surface area (Å²) >= 11 is 0. The highest BCUT2D eigenvalue weighted by Gasteiger charge is 2.36. The van der Waals surface area contributed by atoms with Crippen molar-refractivity contribution < 1.29 is 33.2 Å². The maximum Gasteiger partial charge on any atom is 0.228 e. The van der Waals surface area contributed by atoms with E-state index >= 15 is 0 Å². The molecule has 0 saturated carbocycles. The van der Waals surface area contributed by atoms with Gasteiger partial charge in [0.05, 0.1) is 54.8 Å². The van der Waals surface area contributed by atoms with E-state index in [9.17, 15) is 4.79 Å². The number of carbonyl (C=O) groups is 1. The van der Waals surface area contributed by atoms with E-state index in [1.54, 1.807) is 49.6 Å². The van der Waals surface area contributed by atoms with Crippen molar-refractivity contribution in [3.8, 4) is 34.5 Å². The van der Waals surface area contributed by atoms with E-state index in [0.29, 0.717) is 22.7 Å². The van der Waals surface area contributed by atoms with Crippen LogP contribution in [0.5, 0.6) is 34.5 Å². The van der Waals surface area contributed by atoms with Crippen LogP contribution in [0.1, 0.15) is 73.9 Å². The molecule has 53 heavy (non-hydrogen) atoms. The maximum absolute atomic E-state index is 12.1. The Hall–Kier alpha value is -5.24. The number of carbonyl (C=O) groups excluding carboxylic acids is 1. The minimum atomic E-state index is 0.0365. The highest BCUT2D eigenvalue weighted by molar-refractivity contribution is 5.97. The predicted molar refractivity (Wildman–Crippen MR) is 202 cm³/mol. The van der Waals surface area contributed by atoms with Gasteiger partial charge in [-0.3, -0.25) is 14.6 Å². The number of methoxy groups -OCH3 is 6. The highest BCUT2D eigenvalue weighted by atomic mass is 16.5. The summed E-state index contributed by atoms with van der Waals surface area (Å²) in [5, 5.41) is 0. The Balaban J connectivity index is 0.000000164. The third-order valence-corrected chi connectivity index (χ3v) is 11.4. The van der Waals surface area contributed by atoms with Crippen molar-refractivity contribution in [1.82, 2.24) is 9.80 Å². The van der Waals surface area contributed by atoms with Crippen molar-refractivity contribution in [2.24, 2.45) is 0 Å². The smallest absolute Gasteiger partial charge is 0.228 e. The van der Waals surface area contributed by atoms with E-state index in [4.69, 9.17) is 35.0 Å². The maximum atomic E-state index is 12.1. The van der Waals surface area contributed by atoms with Gasteiger partial charge < -0.3 is 28.4 Å². The highest BCUT2D eigenvalue weighted by Crippen LogP contribution is 2.47. The summed E-state index contributed by atoms with van der Waals surface area (Å²) in [7, 11) is 9.99. The lowest BCUT2D eigenvalue weighted by atomic mass is 9.82. The second-order valence-corrected chi connectivity index (χ2v) is 13.9. The summed E-state index contributed by atoms with van der Waals surface area (Å²) in [6.45, 7) is 12.7. The zero-order chi connectivity index (χ0) is 37.4. The molecule has 10 nitrogen and oxygen atoms in total. The van der Waals surface area contributed by atoms with E-state index in [0.717, 1.165) is 74.9 Å². The molecule has 0 saturated heterocycles. The number of hydrogen-bond acceptors (Lipinski definition) is 9. The molecule has 10 heteroatoms. The van der Waals surface area contributed by atoms with E-state index in [2.05, 4.69) is 26.8 Å². The molecule has 0 N–H and O–H groups in total. The molecule has 0 spiro atoms. The van der Waals surface area contributed by atoms with Crippen molar-refractivity contribution in [1.29, 1.82) is 0 Å². The Morgan fingerprint density at radius 3 is 1.53 bits per heavy atom. The molecule has 0 aliphatic carbocycles. The first-order valence-electron chi connectivity index (χ1n) is 18.0. The van der Waals surface area contributed by atoms with Gasteiger partial charge >= 0.3 is 0 Å². The first-order valence-corrected chi connectivity index (χ1v) is 18.0. The average Bonchev–Trinajstić information content (AvgIpc) is 3.20. The minimum absolute atomic E-state index is 0.0365. The molecule has 4 aliphatic heterocycles. The van der Waals surface area contributed by atoms with E-state index < -0.39 is 0 Å². The Morgan fingerprint density at radius 1 is 0.623 bits per heavy atom.